The van der Waals surface area contributed by atoms with Crippen LogP contribution in [-0.4, -0.2) is 42.0 Å². The number of rotatable bonds is 3. The SMILES string of the molecule is CN=C(NCc1ccc(F)cc1)N1CCSC(C(C)C)C1. The Hall–Kier alpha value is -1.23. The predicted molar refractivity (Wildman–Crippen MR) is 89.3 cm³/mol. The van der Waals surface area contributed by atoms with Gasteiger partial charge in [-0.05, 0) is 23.6 Å². The van der Waals surface area contributed by atoms with Crippen molar-refractivity contribution in [3.63, 3.8) is 0 Å². The number of aliphatic imine (C=N–C) groups is 1. The van der Waals surface area contributed by atoms with Crippen LogP contribution in [0.15, 0.2) is 29.3 Å². The lowest BCUT2D eigenvalue weighted by atomic mass is 10.1. The Bertz CT molecular complexity index is 473. The van der Waals surface area contributed by atoms with E-state index in [9.17, 15) is 4.39 Å². The van der Waals surface area contributed by atoms with Crippen LogP contribution < -0.4 is 5.32 Å². The normalized spacial score (nSPS) is 20.0. The van der Waals surface area contributed by atoms with Crippen LogP contribution in [0.5, 0.6) is 0 Å². The van der Waals surface area contributed by atoms with Crippen LogP contribution in [0.2, 0.25) is 0 Å². The standard InChI is InChI=1S/C16H24FN3S/c1-12(2)15-11-20(8-9-21-15)16(18-3)19-10-13-4-6-14(17)7-5-13/h4-7,12,15H,8-11H2,1-3H3,(H,18,19). The highest BCUT2D eigenvalue weighted by atomic mass is 32.2. The average molecular weight is 309 g/mol. The molecule has 1 aliphatic rings. The van der Waals surface area contributed by atoms with Crippen LogP contribution >= 0.6 is 11.8 Å². The van der Waals surface area contributed by atoms with Crippen molar-refractivity contribution in [3.8, 4) is 0 Å². The molecule has 1 fully saturated rings. The minimum Gasteiger partial charge on any atom is -0.352 e. The third kappa shape index (κ3) is 4.63. The molecule has 3 nitrogen and oxygen atoms in total. The largest absolute Gasteiger partial charge is 0.352 e. The molecule has 21 heavy (non-hydrogen) atoms. The summed E-state index contributed by atoms with van der Waals surface area (Å²) in [5.41, 5.74) is 1.06. The molecule has 0 radical (unpaired) electrons. The number of benzene rings is 1. The van der Waals surface area contributed by atoms with Gasteiger partial charge in [0.05, 0.1) is 0 Å². The third-order valence-electron chi connectivity index (χ3n) is 3.71. The van der Waals surface area contributed by atoms with Crippen molar-refractivity contribution in [3.05, 3.63) is 35.6 Å². The first-order valence-corrected chi connectivity index (χ1v) is 8.46. The highest BCUT2D eigenvalue weighted by molar-refractivity contribution is 8.00. The molecule has 1 aromatic carbocycles. The molecule has 5 heteroatoms. The van der Waals surface area contributed by atoms with Crippen molar-refractivity contribution in [1.29, 1.82) is 0 Å². The van der Waals surface area contributed by atoms with Crippen molar-refractivity contribution in [2.24, 2.45) is 10.9 Å². The zero-order chi connectivity index (χ0) is 15.2. The van der Waals surface area contributed by atoms with Gasteiger partial charge < -0.3 is 10.2 Å². The minimum atomic E-state index is -0.198. The van der Waals surface area contributed by atoms with Gasteiger partial charge in [0, 0.05) is 37.7 Å². The van der Waals surface area contributed by atoms with Gasteiger partial charge in [-0.3, -0.25) is 4.99 Å². The van der Waals surface area contributed by atoms with Crippen molar-refractivity contribution in [2.75, 3.05) is 25.9 Å². The van der Waals surface area contributed by atoms with Gasteiger partial charge in [-0.25, -0.2) is 4.39 Å². The molecule has 1 atom stereocenters. The van der Waals surface area contributed by atoms with Gasteiger partial charge in [0.1, 0.15) is 5.82 Å². The Morgan fingerprint density at radius 3 is 2.76 bits per heavy atom. The van der Waals surface area contributed by atoms with E-state index in [4.69, 9.17) is 0 Å². The molecule has 0 spiro atoms. The molecule has 1 aliphatic heterocycles. The Morgan fingerprint density at radius 2 is 2.14 bits per heavy atom. The molecule has 0 amide bonds. The number of halogens is 1. The first-order chi connectivity index (χ1) is 10.1. The summed E-state index contributed by atoms with van der Waals surface area (Å²) in [6, 6.07) is 6.59. The smallest absolute Gasteiger partial charge is 0.193 e. The average Bonchev–Trinajstić information content (AvgIpc) is 2.50. The molecule has 2 rings (SSSR count). The van der Waals surface area contributed by atoms with Gasteiger partial charge in [0.15, 0.2) is 5.96 Å². The van der Waals surface area contributed by atoms with E-state index in [2.05, 4.69) is 40.8 Å². The maximum Gasteiger partial charge on any atom is 0.193 e. The second kappa shape index (κ2) is 7.69. The second-order valence-corrected chi connectivity index (χ2v) is 6.97. The molecule has 1 aromatic rings. The summed E-state index contributed by atoms with van der Waals surface area (Å²) in [5.74, 6) is 2.55. The Labute approximate surface area is 131 Å². The molecule has 1 heterocycles. The maximum atomic E-state index is 12.9. The van der Waals surface area contributed by atoms with Crippen molar-refractivity contribution < 1.29 is 4.39 Å². The zero-order valence-corrected chi connectivity index (χ0v) is 13.8. The maximum absolute atomic E-state index is 12.9. The lowest BCUT2D eigenvalue weighted by Gasteiger charge is -2.36. The number of hydrogen-bond acceptors (Lipinski definition) is 2. The van der Waals surface area contributed by atoms with E-state index in [0.717, 1.165) is 30.4 Å². The molecule has 1 N–H and O–H groups in total. The van der Waals surface area contributed by atoms with Crippen LogP contribution in [-0.2, 0) is 6.54 Å². The number of thioether (sulfide) groups is 1. The van der Waals surface area contributed by atoms with E-state index < -0.39 is 0 Å². The fourth-order valence-electron chi connectivity index (χ4n) is 2.39. The summed E-state index contributed by atoms with van der Waals surface area (Å²) in [6.45, 7) is 7.27. The van der Waals surface area contributed by atoms with Crippen LogP contribution in [0.1, 0.15) is 19.4 Å². The van der Waals surface area contributed by atoms with Gasteiger partial charge in [-0.2, -0.15) is 11.8 Å². The Kier molecular flexibility index (Phi) is 5.91. The fraction of sp³-hybridized carbons (Fsp3) is 0.562. The fourth-order valence-corrected chi connectivity index (χ4v) is 3.69. The molecule has 0 saturated carbocycles. The summed E-state index contributed by atoms with van der Waals surface area (Å²) < 4.78 is 12.9. The van der Waals surface area contributed by atoms with Crippen LogP contribution in [0.3, 0.4) is 0 Å². The quantitative estimate of drug-likeness (QED) is 0.687. The second-order valence-electron chi connectivity index (χ2n) is 5.63. The number of nitrogens with zero attached hydrogens (tertiary/aromatic N) is 2. The van der Waals surface area contributed by atoms with Gasteiger partial charge in [0.2, 0.25) is 0 Å². The third-order valence-corrected chi connectivity index (χ3v) is 5.25. The van der Waals surface area contributed by atoms with Gasteiger partial charge >= 0.3 is 0 Å². The van der Waals surface area contributed by atoms with Crippen LogP contribution in [0, 0.1) is 11.7 Å². The Balaban J connectivity index is 1.92. The molecule has 0 aliphatic carbocycles. The van der Waals surface area contributed by atoms with Crippen LogP contribution in [0.25, 0.3) is 0 Å². The minimum absolute atomic E-state index is 0.198. The van der Waals surface area contributed by atoms with Gasteiger partial charge in [-0.15, -0.1) is 0 Å². The van der Waals surface area contributed by atoms with E-state index in [1.807, 2.05) is 7.05 Å². The van der Waals surface area contributed by atoms with Crippen molar-refractivity contribution in [1.82, 2.24) is 10.2 Å². The molecule has 116 valence electrons. The molecule has 0 aromatic heterocycles. The topological polar surface area (TPSA) is 27.6 Å². The van der Waals surface area contributed by atoms with Gasteiger partial charge in [0.25, 0.3) is 0 Å². The summed E-state index contributed by atoms with van der Waals surface area (Å²) in [7, 11) is 1.82. The highest BCUT2D eigenvalue weighted by Crippen LogP contribution is 2.24. The first kappa shape index (κ1) is 16.1. The van der Waals surface area contributed by atoms with Crippen molar-refractivity contribution >= 4 is 17.7 Å². The lowest BCUT2D eigenvalue weighted by molar-refractivity contribution is 0.380. The van der Waals surface area contributed by atoms with E-state index in [0.29, 0.717) is 17.7 Å². The molecule has 0 bridgehead atoms. The lowest BCUT2D eigenvalue weighted by Crippen LogP contribution is -2.48. The monoisotopic (exact) mass is 309 g/mol. The molecular weight excluding hydrogens is 285 g/mol. The predicted octanol–water partition coefficient (Wildman–Crippen LogP) is 2.97. The zero-order valence-electron chi connectivity index (χ0n) is 13.0. The summed E-state index contributed by atoms with van der Waals surface area (Å²) >= 11 is 2.05. The molecule has 1 saturated heterocycles. The van der Waals surface area contributed by atoms with Gasteiger partial charge in [-0.1, -0.05) is 26.0 Å². The highest BCUT2D eigenvalue weighted by Gasteiger charge is 2.24. The summed E-state index contributed by atoms with van der Waals surface area (Å²) in [5, 5.41) is 4.03. The molecular formula is C16H24FN3S. The number of nitrogens with one attached hydrogen (secondary N) is 1. The summed E-state index contributed by atoms with van der Waals surface area (Å²) in [6.07, 6.45) is 0. The first-order valence-electron chi connectivity index (χ1n) is 7.41. The van der Waals surface area contributed by atoms with Crippen molar-refractivity contribution in [2.45, 2.75) is 25.6 Å². The van der Waals surface area contributed by atoms with E-state index >= 15 is 0 Å². The Morgan fingerprint density at radius 1 is 1.43 bits per heavy atom. The van der Waals surface area contributed by atoms with Crippen LogP contribution in [0.4, 0.5) is 4.39 Å². The molecule has 1 unspecified atom stereocenters. The van der Waals surface area contributed by atoms with E-state index in [1.54, 1.807) is 12.1 Å². The number of guanidine groups is 1. The number of hydrogen-bond donors (Lipinski definition) is 1. The van der Waals surface area contributed by atoms with E-state index in [-0.39, 0.29) is 5.82 Å². The summed E-state index contributed by atoms with van der Waals surface area (Å²) in [4.78, 5) is 6.71. The van der Waals surface area contributed by atoms with E-state index in [1.165, 1.54) is 12.1 Å².